The fourth-order valence-corrected chi connectivity index (χ4v) is 6.58. The third-order valence-electron chi connectivity index (χ3n) is 6.18. The number of nitrogens with zero attached hydrogens (tertiary/aromatic N) is 4. The van der Waals surface area contributed by atoms with E-state index in [1.165, 1.54) is 46.5 Å². The number of aromatic nitrogens is 3. The Morgan fingerprint density at radius 2 is 2.10 bits per heavy atom. The number of hydrogen-bond acceptors (Lipinski definition) is 8. The maximum Gasteiger partial charge on any atom is 0.146 e. The summed E-state index contributed by atoms with van der Waals surface area (Å²) >= 11 is 3.63. The Kier molecular flexibility index (Phi) is 4.75. The summed E-state index contributed by atoms with van der Waals surface area (Å²) in [6, 6.07) is 0.265. The highest BCUT2D eigenvalue weighted by Crippen LogP contribution is 2.45. The van der Waals surface area contributed by atoms with E-state index >= 15 is 0 Å². The van der Waals surface area contributed by atoms with Crippen molar-refractivity contribution in [3.05, 3.63) is 32.8 Å². The molecule has 0 unspecified atom stereocenters. The van der Waals surface area contributed by atoms with E-state index < -0.39 is 0 Å². The van der Waals surface area contributed by atoms with Gasteiger partial charge >= 0.3 is 0 Å². The number of anilines is 1. The van der Waals surface area contributed by atoms with Gasteiger partial charge in [0.25, 0.3) is 0 Å². The highest BCUT2D eigenvalue weighted by molar-refractivity contribution is 7.19. The van der Waals surface area contributed by atoms with Crippen molar-refractivity contribution >= 4 is 38.7 Å². The number of hydrogen-bond donors (Lipinski definition) is 1. The first kappa shape index (κ1) is 18.2. The number of ether oxygens (including phenoxy) is 1. The van der Waals surface area contributed by atoms with Gasteiger partial charge in [0.1, 0.15) is 21.5 Å². The predicted molar refractivity (Wildman–Crippen MR) is 117 cm³/mol. The summed E-state index contributed by atoms with van der Waals surface area (Å²) in [6.45, 7) is 4.30. The molecule has 3 aromatic rings. The molecule has 1 N–H and O–H groups in total. The summed E-state index contributed by atoms with van der Waals surface area (Å²) < 4.78 is 5.50. The molecule has 3 aliphatic rings. The molecule has 6 nitrogen and oxygen atoms in total. The molecule has 152 valence electrons. The molecule has 8 heteroatoms. The van der Waals surface area contributed by atoms with Crippen molar-refractivity contribution in [1.82, 2.24) is 19.9 Å². The van der Waals surface area contributed by atoms with Crippen LogP contribution in [0.2, 0.25) is 0 Å². The Bertz CT molecular complexity index is 1010. The molecule has 6 rings (SSSR count). The average Bonchev–Trinajstić information content (AvgIpc) is 3.11. The van der Waals surface area contributed by atoms with Crippen molar-refractivity contribution in [2.75, 3.05) is 31.6 Å². The van der Waals surface area contributed by atoms with E-state index in [9.17, 15) is 0 Å². The Morgan fingerprint density at radius 1 is 1.21 bits per heavy atom. The van der Waals surface area contributed by atoms with Crippen molar-refractivity contribution in [2.24, 2.45) is 5.92 Å². The quantitative estimate of drug-likeness (QED) is 0.641. The van der Waals surface area contributed by atoms with Gasteiger partial charge in [-0.3, -0.25) is 4.90 Å². The van der Waals surface area contributed by atoms with E-state index in [1.807, 2.05) is 17.5 Å². The van der Waals surface area contributed by atoms with Gasteiger partial charge in [-0.2, -0.15) is 0 Å². The minimum Gasteiger partial charge on any atom is -0.379 e. The summed E-state index contributed by atoms with van der Waals surface area (Å²) in [5.74, 6) is 2.63. The van der Waals surface area contributed by atoms with Gasteiger partial charge in [0.05, 0.1) is 31.2 Å². The number of fused-ring (bicyclic) bond motifs is 3. The van der Waals surface area contributed by atoms with Crippen molar-refractivity contribution < 1.29 is 4.74 Å². The molecule has 2 aliphatic carbocycles. The summed E-state index contributed by atoms with van der Waals surface area (Å²) in [6.07, 6.45) is 8.06. The first-order valence-electron chi connectivity index (χ1n) is 10.6. The maximum absolute atomic E-state index is 5.50. The lowest BCUT2D eigenvalue weighted by atomic mass is 10.1. The van der Waals surface area contributed by atoms with Crippen LogP contribution < -0.4 is 5.32 Å². The lowest BCUT2D eigenvalue weighted by molar-refractivity contribution is 0.0331. The molecular formula is C21H25N5OS2. The van der Waals surface area contributed by atoms with Crippen LogP contribution in [0.4, 0.5) is 5.82 Å². The second kappa shape index (κ2) is 7.58. The Hall–Kier alpha value is -1.61. The van der Waals surface area contributed by atoms with E-state index in [0.717, 1.165) is 55.7 Å². The number of aryl methyl sites for hydroxylation is 2. The minimum atomic E-state index is 0.265. The SMILES string of the molecule is c1csc([C@@H](Nc2nc(CN3CCOCC3)nc3sc4c(c23)CCC4)C2CC2)n1. The van der Waals surface area contributed by atoms with Crippen LogP contribution in [0.5, 0.6) is 0 Å². The summed E-state index contributed by atoms with van der Waals surface area (Å²) in [7, 11) is 0. The zero-order chi connectivity index (χ0) is 19.2. The third-order valence-corrected chi connectivity index (χ3v) is 8.23. The third kappa shape index (κ3) is 3.56. The van der Waals surface area contributed by atoms with Crippen LogP contribution in [0.1, 0.15) is 46.6 Å². The van der Waals surface area contributed by atoms with Gasteiger partial charge < -0.3 is 10.1 Å². The number of nitrogens with one attached hydrogen (secondary N) is 1. The van der Waals surface area contributed by atoms with Crippen LogP contribution in [-0.4, -0.2) is 46.2 Å². The fourth-order valence-electron chi connectivity index (χ4n) is 4.52. The van der Waals surface area contributed by atoms with E-state index in [1.54, 1.807) is 11.3 Å². The molecule has 2 fully saturated rings. The topological polar surface area (TPSA) is 63.2 Å². The first-order valence-corrected chi connectivity index (χ1v) is 12.3. The lowest BCUT2D eigenvalue weighted by Crippen LogP contribution is -2.36. The van der Waals surface area contributed by atoms with E-state index in [-0.39, 0.29) is 6.04 Å². The first-order chi connectivity index (χ1) is 14.3. The molecule has 0 bridgehead atoms. The number of thiophene rings is 1. The molecule has 4 heterocycles. The zero-order valence-electron chi connectivity index (χ0n) is 16.4. The Morgan fingerprint density at radius 3 is 2.90 bits per heavy atom. The predicted octanol–water partition coefficient (Wildman–Crippen LogP) is 4.03. The van der Waals surface area contributed by atoms with Gasteiger partial charge in [0, 0.05) is 29.5 Å². The van der Waals surface area contributed by atoms with Crippen LogP contribution in [0.15, 0.2) is 11.6 Å². The van der Waals surface area contributed by atoms with Crippen LogP contribution in [-0.2, 0) is 24.1 Å². The summed E-state index contributed by atoms with van der Waals surface area (Å²) in [5.41, 5.74) is 1.49. The van der Waals surface area contributed by atoms with Gasteiger partial charge in [-0.15, -0.1) is 22.7 Å². The molecule has 1 saturated heterocycles. The number of rotatable bonds is 6. The maximum atomic E-state index is 5.50. The van der Waals surface area contributed by atoms with Crippen LogP contribution in [0.25, 0.3) is 10.2 Å². The van der Waals surface area contributed by atoms with Crippen molar-refractivity contribution in [1.29, 1.82) is 0 Å². The molecule has 1 aliphatic heterocycles. The standard InChI is InChI=1S/C21H25N5OS2/c1-2-14-15(3-1)29-20-17(14)19(23-16(24-20)12-26-7-9-27-10-8-26)25-18(13-4-5-13)21-22-6-11-28-21/h6,11,13,18H,1-5,7-10,12H2,(H,23,24,25)/t18-/m0/s1. The van der Waals surface area contributed by atoms with Gasteiger partial charge in [-0.25, -0.2) is 15.0 Å². The molecule has 1 atom stereocenters. The second-order valence-corrected chi connectivity index (χ2v) is 10.3. The molecule has 0 radical (unpaired) electrons. The number of thiazole rings is 1. The highest BCUT2D eigenvalue weighted by atomic mass is 32.1. The monoisotopic (exact) mass is 427 g/mol. The Labute approximate surface area is 178 Å². The Balaban J connectivity index is 1.39. The molecule has 1 saturated carbocycles. The van der Waals surface area contributed by atoms with Gasteiger partial charge in [-0.05, 0) is 43.6 Å². The van der Waals surface area contributed by atoms with E-state index in [2.05, 4.69) is 20.6 Å². The molecule has 0 aromatic carbocycles. The molecule has 3 aromatic heterocycles. The molecule has 0 spiro atoms. The van der Waals surface area contributed by atoms with Crippen LogP contribution >= 0.6 is 22.7 Å². The zero-order valence-corrected chi connectivity index (χ0v) is 18.0. The van der Waals surface area contributed by atoms with Crippen LogP contribution in [0.3, 0.4) is 0 Å². The van der Waals surface area contributed by atoms with Crippen molar-refractivity contribution in [2.45, 2.75) is 44.7 Å². The fraction of sp³-hybridized carbons (Fsp3) is 0.571. The van der Waals surface area contributed by atoms with Gasteiger partial charge in [-0.1, -0.05) is 0 Å². The second-order valence-electron chi connectivity index (χ2n) is 8.24. The van der Waals surface area contributed by atoms with Crippen molar-refractivity contribution in [3.63, 3.8) is 0 Å². The molecule has 0 amide bonds. The molecular weight excluding hydrogens is 402 g/mol. The molecule has 29 heavy (non-hydrogen) atoms. The smallest absolute Gasteiger partial charge is 0.146 e. The lowest BCUT2D eigenvalue weighted by Gasteiger charge is -2.26. The minimum absolute atomic E-state index is 0.265. The van der Waals surface area contributed by atoms with E-state index in [4.69, 9.17) is 14.7 Å². The van der Waals surface area contributed by atoms with E-state index in [0.29, 0.717) is 5.92 Å². The summed E-state index contributed by atoms with van der Waals surface area (Å²) in [5, 5.41) is 8.37. The largest absolute Gasteiger partial charge is 0.379 e. The highest BCUT2D eigenvalue weighted by Gasteiger charge is 2.35. The summed E-state index contributed by atoms with van der Waals surface area (Å²) in [4.78, 5) is 19.8. The van der Waals surface area contributed by atoms with Crippen LogP contribution in [0, 0.1) is 5.92 Å². The van der Waals surface area contributed by atoms with Gasteiger partial charge in [0.15, 0.2) is 0 Å². The average molecular weight is 428 g/mol. The van der Waals surface area contributed by atoms with Crippen molar-refractivity contribution in [3.8, 4) is 0 Å². The van der Waals surface area contributed by atoms with Gasteiger partial charge in [0.2, 0.25) is 0 Å². The number of morpholine rings is 1. The normalized spacial score (nSPS) is 20.8.